The maximum atomic E-state index is 13.2. The van der Waals surface area contributed by atoms with E-state index in [1.54, 1.807) is 30.3 Å². The van der Waals surface area contributed by atoms with E-state index in [0.29, 0.717) is 30.3 Å². The Labute approximate surface area is 211 Å². The Balaban J connectivity index is 1.17. The van der Waals surface area contributed by atoms with Gasteiger partial charge in [0.1, 0.15) is 23.3 Å². The zero-order chi connectivity index (χ0) is 25.6. The largest absolute Gasteiger partial charge is 0.379 e. The van der Waals surface area contributed by atoms with Gasteiger partial charge in [0, 0.05) is 74.7 Å². The van der Waals surface area contributed by atoms with Gasteiger partial charge in [-0.25, -0.2) is 23.9 Å². The van der Waals surface area contributed by atoms with Gasteiger partial charge in [0.2, 0.25) is 5.95 Å². The van der Waals surface area contributed by atoms with Crippen molar-refractivity contribution in [3.8, 4) is 11.1 Å². The van der Waals surface area contributed by atoms with Gasteiger partial charge in [-0.05, 0) is 25.1 Å². The van der Waals surface area contributed by atoms with Gasteiger partial charge in [-0.3, -0.25) is 9.67 Å². The number of pyridine rings is 1. The first-order valence-corrected chi connectivity index (χ1v) is 11.9. The summed E-state index contributed by atoms with van der Waals surface area (Å²) in [5.74, 6) is 1.00. The molecule has 1 N–H and O–H groups in total. The molecule has 0 radical (unpaired) electrons. The molecule has 0 saturated carbocycles. The molecule has 1 saturated heterocycles. The van der Waals surface area contributed by atoms with Crippen molar-refractivity contribution < 1.29 is 9.50 Å². The van der Waals surface area contributed by atoms with Gasteiger partial charge in [0.15, 0.2) is 5.82 Å². The van der Waals surface area contributed by atoms with Crippen LogP contribution in [0, 0.1) is 5.82 Å². The summed E-state index contributed by atoms with van der Waals surface area (Å²) >= 11 is 0. The van der Waals surface area contributed by atoms with Crippen molar-refractivity contribution in [1.29, 1.82) is 0 Å². The minimum Gasteiger partial charge on any atom is -0.379 e. The van der Waals surface area contributed by atoms with Gasteiger partial charge in [0.25, 0.3) is 0 Å². The third kappa shape index (κ3) is 4.25. The Morgan fingerprint density at radius 1 is 0.865 bits per heavy atom. The molecule has 0 spiro atoms. The second-order valence-corrected chi connectivity index (χ2v) is 9.22. The van der Waals surface area contributed by atoms with Gasteiger partial charge in [0.05, 0.1) is 18.1 Å². The molecule has 6 heterocycles. The molecular weight excluding hydrogens is 475 g/mol. The molecule has 0 unspecified atom stereocenters. The van der Waals surface area contributed by atoms with Crippen LogP contribution in [-0.4, -0.2) is 70.6 Å². The molecule has 5 aromatic heterocycles. The SMILES string of the molecule is Cn1cc(-c2cc3c(N4CCN(c5ncc([C@](C)(O)c6ccc(F)cn6)cn5)CC4)ncnn3c2)cn1. The van der Waals surface area contributed by atoms with Crippen molar-refractivity contribution in [1.82, 2.24) is 39.3 Å². The summed E-state index contributed by atoms with van der Waals surface area (Å²) in [6.07, 6.45) is 11.6. The molecule has 37 heavy (non-hydrogen) atoms. The van der Waals surface area contributed by atoms with Crippen molar-refractivity contribution in [2.75, 3.05) is 36.0 Å². The van der Waals surface area contributed by atoms with E-state index in [0.717, 1.165) is 41.7 Å². The molecular formula is C25H25FN10O. The molecule has 0 aromatic carbocycles. The Kier molecular flexibility index (Phi) is 5.52. The second-order valence-electron chi connectivity index (χ2n) is 9.22. The highest BCUT2D eigenvalue weighted by atomic mass is 19.1. The smallest absolute Gasteiger partial charge is 0.225 e. The number of aliphatic hydroxyl groups is 1. The van der Waals surface area contributed by atoms with Gasteiger partial charge in [-0.15, -0.1) is 0 Å². The Hall–Kier alpha value is -4.45. The average molecular weight is 501 g/mol. The van der Waals surface area contributed by atoms with Gasteiger partial charge in [-0.2, -0.15) is 10.2 Å². The highest BCUT2D eigenvalue weighted by molar-refractivity contribution is 5.77. The normalized spacial score (nSPS) is 15.8. The van der Waals surface area contributed by atoms with Crippen LogP contribution in [0.25, 0.3) is 16.6 Å². The highest BCUT2D eigenvalue weighted by Gasteiger charge is 2.29. The topological polar surface area (TPSA) is 113 Å². The third-order valence-corrected chi connectivity index (χ3v) is 6.71. The molecule has 0 bridgehead atoms. The molecule has 188 valence electrons. The van der Waals surface area contributed by atoms with Crippen LogP contribution in [0.3, 0.4) is 0 Å². The number of anilines is 2. The number of halogens is 1. The number of fused-ring (bicyclic) bond motifs is 1. The van der Waals surface area contributed by atoms with Crippen LogP contribution >= 0.6 is 0 Å². The molecule has 5 aromatic rings. The summed E-state index contributed by atoms with van der Waals surface area (Å²) in [5, 5.41) is 19.6. The van der Waals surface area contributed by atoms with Crippen molar-refractivity contribution in [3.63, 3.8) is 0 Å². The predicted octanol–water partition coefficient (Wildman–Crippen LogP) is 2.04. The van der Waals surface area contributed by atoms with Crippen molar-refractivity contribution in [3.05, 3.63) is 78.8 Å². The second kappa shape index (κ2) is 8.89. The van der Waals surface area contributed by atoms with Crippen molar-refractivity contribution in [2.45, 2.75) is 12.5 Å². The highest BCUT2D eigenvalue weighted by Crippen LogP contribution is 2.29. The number of aromatic nitrogens is 8. The zero-order valence-electron chi connectivity index (χ0n) is 20.4. The molecule has 1 atom stereocenters. The first-order chi connectivity index (χ1) is 17.9. The van der Waals surface area contributed by atoms with Crippen LogP contribution in [0.5, 0.6) is 0 Å². The predicted molar refractivity (Wildman–Crippen MR) is 135 cm³/mol. The van der Waals surface area contributed by atoms with Gasteiger partial charge in [-0.1, -0.05) is 0 Å². The lowest BCUT2D eigenvalue weighted by Gasteiger charge is -2.35. The quantitative estimate of drug-likeness (QED) is 0.387. The van der Waals surface area contributed by atoms with Crippen LogP contribution < -0.4 is 9.80 Å². The molecule has 1 aliphatic rings. The Morgan fingerprint density at radius 3 is 2.30 bits per heavy atom. The number of hydrogen-bond donors (Lipinski definition) is 1. The molecule has 12 heteroatoms. The van der Waals surface area contributed by atoms with E-state index in [2.05, 4.69) is 46.0 Å². The summed E-state index contributed by atoms with van der Waals surface area (Å²) in [6, 6.07) is 4.81. The van der Waals surface area contributed by atoms with E-state index in [1.165, 1.54) is 12.1 Å². The van der Waals surface area contributed by atoms with E-state index < -0.39 is 11.4 Å². The maximum Gasteiger partial charge on any atom is 0.225 e. The van der Waals surface area contributed by atoms with Crippen molar-refractivity contribution >= 4 is 17.3 Å². The van der Waals surface area contributed by atoms with Gasteiger partial charge < -0.3 is 14.9 Å². The number of rotatable bonds is 5. The standard InChI is InChI=1S/C25H25FN10O/c1-25(37,22-4-3-20(26)13-27-22)19-11-28-24(29-12-19)35-7-5-34(6-8-35)23-21-9-17(15-36(21)32-16-30-23)18-10-31-33(2)14-18/h3-4,9-16,37H,5-8H2,1-2H3/t25-/m0/s1. The van der Waals surface area contributed by atoms with E-state index in [9.17, 15) is 9.50 Å². The van der Waals surface area contributed by atoms with E-state index in [-0.39, 0.29) is 0 Å². The number of piperazine rings is 1. The Bertz CT molecular complexity index is 1540. The molecule has 6 rings (SSSR count). The van der Waals surface area contributed by atoms with Crippen molar-refractivity contribution in [2.24, 2.45) is 7.05 Å². The minimum absolute atomic E-state index is 0.326. The lowest BCUT2D eigenvalue weighted by atomic mass is 9.94. The fraction of sp³-hybridized carbons (Fsp3) is 0.280. The fourth-order valence-electron chi connectivity index (χ4n) is 4.55. The van der Waals surface area contributed by atoms with E-state index in [1.807, 2.05) is 30.2 Å². The lowest BCUT2D eigenvalue weighted by Crippen LogP contribution is -2.47. The van der Waals surface area contributed by atoms with E-state index >= 15 is 0 Å². The number of hydrogen-bond acceptors (Lipinski definition) is 9. The number of nitrogens with zero attached hydrogens (tertiary/aromatic N) is 10. The third-order valence-electron chi connectivity index (χ3n) is 6.71. The molecule has 1 fully saturated rings. The summed E-state index contributed by atoms with van der Waals surface area (Å²) in [5.41, 5.74) is 2.37. The summed E-state index contributed by atoms with van der Waals surface area (Å²) in [4.78, 5) is 21.9. The summed E-state index contributed by atoms with van der Waals surface area (Å²) in [7, 11) is 1.90. The van der Waals surface area contributed by atoms with E-state index in [4.69, 9.17) is 0 Å². The lowest BCUT2D eigenvalue weighted by molar-refractivity contribution is 0.0965. The fourth-order valence-corrected chi connectivity index (χ4v) is 4.55. The Morgan fingerprint density at radius 2 is 1.62 bits per heavy atom. The van der Waals surface area contributed by atoms with Crippen LogP contribution in [0.4, 0.5) is 16.2 Å². The molecule has 11 nitrogen and oxygen atoms in total. The van der Waals surface area contributed by atoms with Gasteiger partial charge >= 0.3 is 0 Å². The van der Waals surface area contributed by atoms with Crippen LogP contribution in [0.15, 0.2) is 61.7 Å². The molecule has 0 amide bonds. The average Bonchev–Trinajstić information content (AvgIpc) is 3.55. The first-order valence-electron chi connectivity index (χ1n) is 11.9. The molecule has 1 aliphatic heterocycles. The maximum absolute atomic E-state index is 13.2. The monoisotopic (exact) mass is 500 g/mol. The van der Waals surface area contributed by atoms with Crippen LogP contribution in [-0.2, 0) is 12.6 Å². The number of aryl methyl sites for hydroxylation is 1. The zero-order valence-corrected chi connectivity index (χ0v) is 20.4. The van der Waals surface area contributed by atoms with Crippen LogP contribution in [0.2, 0.25) is 0 Å². The minimum atomic E-state index is -1.44. The summed E-state index contributed by atoms with van der Waals surface area (Å²) in [6.45, 7) is 4.49. The summed E-state index contributed by atoms with van der Waals surface area (Å²) < 4.78 is 16.9. The van der Waals surface area contributed by atoms with Crippen LogP contribution in [0.1, 0.15) is 18.2 Å². The molecule has 0 aliphatic carbocycles. The first kappa shape index (κ1) is 23.0.